The molecule has 0 unspecified atom stereocenters. The van der Waals surface area contributed by atoms with Crippen LogP contribution in [0.15, 0.2) is 42.9 Å². The lowest BCUT2D eigenvalue weighted by molar-refractivity contribution is -0.120. The Bertz CT molecular complexity index is 1810. The van der Waals surface area contributed by atoms with E-state index in [1.54, 1.807) is 13.3 Å². The van der Waals surface area contributed by atoms with Crippen molar-refractivity contribution in [1.29, 1.82) is 0 Å². The minimum absolute atomic E-state index is 0.178. The minimum atomic E-state index is -0.421. The van der Waals surface area contributed by atoms with Crippen molar-refractivity contribution in [2.45, 2.75) is 70.7 Å². The first kappa shape index (κ1) is 33.6. The van der Waals surface area contributed by atoms with Crippen molar-refractivity contribution in [2.24, 2.45) is 0 Å². The first-order chi connectivity index (χ1) is 24.2. The molecule has 3 saturated heterocycles. The fourth-order valence-electron chi connectivity index (χ4n) is 7.09. The molecule has 264 valence electrons. The predicted octanol–water partition coefficient (Wildman–Crippen LogP) is 4.10. The number of hydrogen-bond donors (Lipinski definition) is 2. The van der Waals surface area contributed by atoms with E-state index in [0.717, 1.165) is 80.7 Å². The summed E-state index contributed by atoms with van der Waals surface area (Å²) < 4.78 is 7.60. The van der Waals surface area contributed by atoms with E-state index >= 15 is 0 Å². The summed E-state index contributed by atoms with van der Waals surface area (Å²) in [6.07, 6.45) is 10.1. The van der Waals surface area contributed by atoms with Gasteiger partial charge < -0.3 is 19.9 Å². The summed E-state index contributed by atoms with van der Waals surface area (Å²) in [7, 11) is 3.93. The average molecular weight is 683 g/mol. The summed E-state index contributed by atoms with van der Waals surface area (Å²) in [6.45, 7) is 8.93. The molecule has 0 atom stereocenters. The Labute approximate surface area is 292 Å². The molecule has 4 aromatic rings. The number of aromatic nitrogens is 6. The van der Waals surface area contributed by atoms with Gasteiger partial charge in [0.05, 0.1) is 17.0 Å². The van der Waals surface area contributed by atoms with Gasteiger partial charge in [-0.2, -0.15) is 10.1 Å². The maximum Gasteiger partial charge on any atom is 0.329 e. The van der Waals surface area contributed by atoms with Crippen molar-refractivity contribution in [1.82, 2.24) is 39.9 Å². The van der Waals surface area contributed by atoms with Crippen LogP contribution in [0.25, 0.3) is 10.9 Å². The van der Waals surface area contributed by atoms with Gasteiger partial charge in [-0.25, -0.2) is 19.7 Å². The van der Waals surface area contributed by atoms with Crippen LogP contribution < -0.4 is 25.3 Å². The standard InChI is InChI=1S/C35H46N12O3/c1-23(2)47-28-19-30(39-29-7-13-36-34(40-29)45-16-10-26(50-4)11-17-45)37-21-27(28)33(42-47)44-14-8-25(9-15-44)43(3)22-24-5-6-31(38-20-24)46-18-12-32(48)41-35(46)49/h5-7,13,19-21,23,25-26H,8-12,14-18,22H2,1-4H3,(H,41,48,49)(H,36,37,39,40). The molecule has 50 heavy (non-hydrogen) atoms. The highest BCUT2D eigenvalue weighted by molar-refractivity contribution is 6.05. The molecule has 4 aromatic heterocycles. The largest absolute Gasteiger partial charge is 0.381 e. The second-order valence-electron chi connectivity index (χ2n) is 13.7. The Morgan fingerprint density at radius 3 is 2.44 bits per heavy atom. The minimum Gasteiger partial charge on any atom is -0.381 e. The van der Waals surface area contributed by atoms with Crippen LogP contribution in [0.4, 0.5) is 34.0 Å². The van der Waals surface area contributed by atoms with Gasteiger partial charge in [0.2, 0.25) is 11.9 Å². The van der Waals surface area contributed by atoms with Crippen LogP contribution in [0.2, 0.25) is 0 Å². The molecule has 3 fully saturated rings. The highest BCUT2D eigenvalue weighted by atomic mass is 16.5. The summed E-state index contributed by atoms with van der Waals surface area (Å²) in [5, 5.41) is 11.9. The Morgan fingerprint density at radius 2 is 1.74 bits per heavy atom. The molecule has 2 N–H and O–H groups in total. The number of anilines is 5. The van der Waals surface area contributed by atoms with Crippen LogP contribution >= 0.6 is 0 Å². The molecule has 3 aliphatic heterocycles. The number of nitrogens with zero attached hydrogens (tertiary/aromatic N) is 10. The molecular formula is C35H46N12O3. The van der Waals surface area contributed by atoms with Crippen LogP contribution in [0, 0.1) is 0 Å². The van der Waals surface area contributed by atoms with Crippen LogP contribution in [0.5, 0.6) is 0 Å². The third kappa shape index (κ3) is 7.19. The van der Waals surface area contributed by atoms with E-state index in [1.165, 1.54) is 4.90 Å². The molecule has 0 aromatic carbocycles. The fourth-order valence-corrected chi connectivity index (χ4v) is 7.09. The number of pyridine rings is 2. The van der Waals surface area contributed by atoms with Gasteiger partial charge in [0.1, 0.15) is 17.5 Å². The number of rotatable bonds is 10. The lowest BCUT2D eigenvalue weighted by atomic mass is 10.0. The fraction of sp³-hybridized carbons (Fsp3) is 0.514. The van der Waals surface area contributed by atoms with Gasteiger partial charge in [0, 0.05) is 89.5 Å². The van der Waals surface area contributed by atoms with E-state index in [-0.39, 0.29) is 18.4 Å². The summed E-state index contributed by atoms with van der Waals surface area (Å²) in [4.78, 5) is 50.8. The van der Waals surface area contributed by atoms with Crippen molar-refractivity contribution in [3.63, 3.8) is 0 Å². The third-order valence-corrected chi connectivity index (χ3v) is 9.98. The van der Waals surface area contributed by atoms with Crippen LogP contribution in [-0.2, 0) is 16.1 Å². The number of fused-ring (bicyclic) bond motifs is 1. The Kier molecular flexibility index (Phi) is 9.76. The summed E-state index contributed by atoms with van der Waals surface area (Å²) >= 11 is 0. The number of urea groups is 1. The maximum absolute atomic E-state index is 12.2. The monoisotopic (exact) mass is 682 g/mol. The molecular weight excluding hydrogens is 636 g/mol. The number of ether oxygens (including phenoxy) is 1. The summed E-state index contributed by atoms with van der Waals surface area (Å²) in [6, 6.07) is 7.97. The van der Waals surface area contributed by atoms with Gasteiger partial charge in [-0.1, -0.05) is 6.07 Å². The van der Waals surface area contributed by atoms with Crippen LogP contribution in [0.3, 0.4) is 0 Å². The van der Waals surface area contributed by atoms with Gasteiger partial charge in [-0.15, -0.1) is 0 Å². The lowest BCUT2D eigenvalue weighted by Gasteiger charge is -2.37. The molecule has 0 spiro atoms. The molecule has 0 saturated carbocycles. The zero-order valence-electron chi connectivity index (χ0n) is 29.2. The topological polar surface area (TPSA) is 150 Å². The quantitative estimate of drug-likeness (QED) is 0.248. The number of piperidine rings is 2. The Hall–Kier alpha value is -4.89. The van der Waals surface area contributed by atoms with Gasteiger partial charge in [0.15, 0.2) is 5.82 Å². The molecule has 0 radical (unpaired) electrons. The van der Waals surface area contributed by atoms with Gasteiger partial charge in [-0.3, -0.25) is 24.6 Å². The number of hydrogen-bond acceptors (Lipinski definition) is 12. The first-order valence-electron chi connectivity index (χ1n) is 17.5. The van der Waals surface area contributed by atoms with E-state index in [9.17, 15) is 9.59 Å². The van der Waals surface area contributed by atoms with E-state index in [2.05, 4.69) is 66.9 Å². The zero-order valence-corrected chi connectivity index (χ0v) is 29.2. The van der Waals surface area contributed by atoms with E-state index in [4.69, 9.17) is 19.8 Å². The highest BCUT2D eigenvalue weighted by Crippen LogP contribution is 2.32. The lowest BCUT2D eigenvalue weighted by Crippen LogP contribution is -2.49. The Balaban J connectivity index is 0.984. The van der Waals surface area contributed by atoms with Crippen molar-refractivity contribution in [2.75, 3.05) is 66.9 Å². The van der Waals surface area contributed by atoms with E-state index in [0.29, 0.717) is 42.1 Å². The molecule has 7 heterocycles. The number of carbonyl (C=O) groups excluding carboxylic acids is 2. The number of nitrogens with one attached hydrogen (secondary N) is 2. The Morgan fingerprint density at radius 1 is 0.960 bits per heavy atom. The molecule has 3 amide bonds. The SMILES string of the molecule is COC1CCN(c2nccc(Nc3cc4c(cn3)c(N3CCC(N(C)Cc5ccc(N6CCC(=O)NC6=O)nc5)CC3)nn4C(C)C)n2)CC1. The molecule has 15 nitrogen and oxygen atoms in total. The molecule has 0 aliphatic carbocycles. The second kappa shape index (κ2) is 14.5. The molecule has 0 bridgehead atoms. The normalized spacial score (nSPS) is 18.1. The number of imide groups is 1. The van der Waals surface area contributed by atoms with Gasteiger partial charge >= 0.3 is 6.03 Å². The smallest absolute Gasteiger partial charge is 0.329 e. The van der Waals surface area contributed by atoms with Gasteiger partial charge in [-0.05, 0) is 64.3 Å². The number of amides is 3. The van der Waals surface area contributed by atoms with Crippen molar-refractivity contribution >= 4 is 52.1 Å². The zero-order chi connectivity index (χ0) is 34.8. The third-order valence-electron chi connectivity index (χ3n) is 9.98. The molecule has 15 heteroatoms. The van der Waals surface area contributed by atoms with Gasteiger partial charge in [0.25, 0.3) is 0 Å². The highest BCUT2D eigenvalue weighted by Gasteiger charge is 2.28. The van der Waals surface area contributed by atoms with Crippen molar-refractivity contribution < 1.29 is 14.3 Å². The predicted molar refractivity (Wildman–Crippen MR) is 192 cm³/mol. The van der Waals surface area contributed by atoms with E-state index in [1.807, 2.05) is 30.6 Å². The van der Waals surface area contributed by atoms with Crippen molar-refractivity contribution in [3.05, 3.63) is 48.4 Å². The maximum atomic E-state index is 12.2. The second-order valence-corrected chi connectivity index (χ2v) is 13.7. The van der Waals surface area contributed by atoms with E-state index < -0.39 is 6.03 Å². The van der Waals surface area contributed by atoms with Crippen LogP contribution in [0.1, 0.15) is 57.6 Å². The number of methoxy groups -OCH3 is 1. The summed E-state index contributed by atoms with van der Waals surface area (Å²) in [5.74, 6) is 3.41. The molecule has 7 rings (SSSR count). The van der Waals surface area contributed by atoms with Crippen molar-refractivity contribution in [3.8, 4) is 0 Å². The first-order valence-corrected chi connectivity index (χ1v) is 17.5. The average Bonchev–Trinajstić information content (AvgIpc) is 3.52. The van der Waals surface area contributed by atoms with Crippen LogP contribution in [-0.4, -0.2) is 106 Å². The molecule has 3 aliphatic rings. The summed E-state index contributed by atoms with van der Waals surface area (Å²) in [5.41, 5.74) is 2.11. The number of carbonyl (C=O) groups is 2.